The molecule has 24 heavy (non-hydrogen) atoms. The Balaban J connectivity index is 1.68. The number of nitrogens with zero attached hydrogens (tertiary/aromatic N) is 2. The van der Waals surface area contributed by atoms with Gasteiger partial charge in [-0.25, -0.2) is 0 Å². The van der Waals surface area contributed by atoms with Gasteiger partial charge in [-0.05, 0) is 30.2 Å². The van der Waals surface area contributed by atoms with E-state index in [1.807, 2.05) is 4.90 Å². The number of carbonyl (C=O) groups is 2. The quantitative estimate of drug-likeness (QED) is 0.855. The van der Waals surface area contributed by atoms with Gasteiger partial charge in [0.25, 0.3) is 5.91 Å². The Hall–Kier alpha value is -1.59. The molecule has 1 aliphatic rings. The van der Waals surface area contributed by atoms with Crippen molar-refractivity contribution in [3.8, 4) is 0 Å². The van der Waals surface area contributed by atoms with Crippen LogP contribution in [0.15, 0.2) is 24.3 Å². The molecule has 0 bridgehead atoms. The lowest BCUT2D eigenvalue weighted by Gasteiger charge is -2.35. The van der Waals surface area contributed by atoms with Gasteiger partial charge in [-0.2, -0.15) is 0 Å². The molecule has 1 fully saturated rings. The second kappa shape index (κ2) is 9.04. The van der Waals surface area contributed by atoms with E-state index < -0.39 is 0 Å². The van der Waals surface area contributed by atoms with Gasteiger partial charge in [-0.3, -0.25) is 14.5 Å². The summed E-state index contributed by atoms with van der Waals surface area (Å²) in [5, 5.41) is 3.38. The van der Waals surface area contributed by atoms with Crippen LogP contribution in [-0.4, -0.2) is 60.9 Å². The molecule has 1 aromatic carbocycles. The lowest BCUT2D eigenvalue weighted by atomic mass is 10.2. The van der Waals surface area contributed by atoms with Crippen LogP contribution >= 0.6 is 11.6 Å². The fourth-order valence-electron chi connectivity index (χ4n) is 2.84. The molecular weight excluding hydrogens is 326 g/mol. The molecule has 1 aliphatic heterocycles. The molecule has 5 nitrogen and oxygen atoms in total. The van der Waals surface area contributed by atoms with Gasteiger partial charge in [-0.15, -0.1) is 0 Å². The second-order valence-corrected chi connectivity index (χ2v) is 7.02. The van der Waals surface area contributed by atoms with E-state index in [1.165, 1.54) is 0 Å². The number of hydrogen-bond acceptors (Lipinski definition) is 3. The van der Waals surface area contributed by atoms with Gasteiger partial charge in [0, 0.05) is 56.3 Å². The van der Waals surface area contributed by atoms with Gasteiger partial charge in [0.05, 0.1) is 0 Å². The molecule has 0 unspecified atom stereocenters. The van der Waals surface area contributed by atoms with Crippen molar-refractivity contribution in [2.75, 3.05) is 39.3 Å². The molecule has 0 atom stereocenters. The van der Waals surface area contributed by atoms with Crippen LogP contribution in [0.2, 0.25) is 5.02 Å². The Morgan fingerprint density at radius 3 is 2.33 bits per heavy atom. The lowest BCUT2D eigenvalue weighted by Crippen LogP contribution is -2.49. The summed E-state index contributed by atoms with van der Waals surface area (Å²) in [5.74, 6) is 0.576. The molecule has 1 saturated heterocycles. The Kier molecular flexibility index (Phi) is 7.06. The zero-order valence-corrected chi connectivity index (χ0v) is 15.2. The Morgan fingerprint density at radius 1 is 1.12 bits per heavy atom. The van der Waals surface area contributed by atoms with E-state index in [9.17, 15) is 9.59 Å². The van der Waals surface area contributed by atoms with E-state index in [4.69, 9.17) is 11.6 Å². The van der Waals surface area contributed by atoms with E-state index in [1.54, 1.807) is 24.3 Å². The monoisotopic (exact) mass is 351 g/mol. The molecule has 1 N–H and O–H groups in total. The molecule has 0 aromatic heterocycles. The van der Waals surface area contributed by atoms with Crippen molar-refractivity contribution in [1.82, 2.24) is 15.1 Å². The Bertz CT molecular complexity index is 552. The van der Waals surface area contributed by atoms with Crippen LogP contribution in [0.3, 0.4) is 0 Å². The van der Waals surface area contributed by atoms with E-state index in [-0.39, 0.29) is 11.8 Å². The van der Waals surface area contributed by atoms with Crippen LogP contribution < -0.4 is 5.32 Å². The van der Waals surface area contributed by atoms with Crippen molar-refractivity contribution in [2.24, 2.45) is 5.92 Å². The maximum Gasteiger partial charge on any atom is 0.251 e. The highest BCUT2D eigenvalue weighted by Crippen LogP contribution is 2.09. The molecule has 132 valence electrons. The third kappa shape index (κ3) is 5.80. The first-order valence-electron chi connectivity index (χ1n) is 8.49. The van der Waals surface area contributed by atoms with Gasteiger partial charge < -0.3 is 10.2 Å². The fraction of sp³-hybridized carbons (Fsp3) is 0.556. The number of carbonyl (C=O) groups excluding carboxylic acids is 2. The predicted octanol–water partition coefficient (Wildman–Crippen LogP) is 2.26. The standard InChI is InChI=1S/C18H26ClN3O2/c1-14(2)13-21-9-11-22(12-10-21)17(23)7-8-20-18(24)15-3-5-16(19)6-4-15/h3-6,14H,7-13H2,1-2H3,(H,20,24). The Morgan fingerprint density at radius 2 is 1.75 bits per heavy atom. The minimum Gasteiger partial charge on any atom is -0.352 e. The fourth-order valence-corrected chi connectivity index (χ4v) is 2.97. The molecule has 2 rings (SSSR count). The van der Waals surface area contributed by atoms with Crippen LogP contribution in [0.25, 0.3) is 0 Å². The largest absolute Gasteiger partial charge is 0.352 e. The average Bonchev–Trinajstić information content (AvgIpc) is 2.55. The lowest BCUT2D eigenvalue weighted by molar-refractivity contribution is -0.132. The van der Waals surface area contributed by atoms with E-state index in [2.05, 4.69) is 24.1 Å². The van der Waals surface area contributed by atoms with Crippen molar-refractivity contribution in [1.29, 1.82) is 0 Å². The number of piperazine rings is 1. The van der Waals surface area contributed by atoms with Crippen molar-refractivity contribution in [2.45, 2.75) is 20.3 Å². The topological polar surface area (TPSA) is 52.6 Å². The third-order valence-electron chi connectivity index (χ3n) is 4.08. The number of rotatable bonds is 6. The summed E-state index contributed by atoms with van der Waals surface area (Å²) < 4.78 is 0. The molecule has 0 aliphatic carbocycles. The summed E-state index contributed by atoms with van der Waals surface area (Å²) in [7, 11) is 0. The minimum atomic E-state index is -0.179. The summed E-state index contributed by atoms with van der Waals surface area (Å²) in [6.07, 6.45) is 0.337. The molecular formula is C18H26ClN3O2. The van der Waals surface area contributed by atoms with E-state index >= 15 is 0 Å². The molecule has 0 radical (unpaired) electrons. The van der Waals surface area contributed by atoms with Gasteiger partial charge >= 0.3 is 0 Å². The molecule has 2 amide bonds. The molecule has 1 aromatic rings. The zero-order chi connectivity index (χ0) is 17.5. The highest BCUT2D eigenvalue weighted by atomic mass is 35.5. The van der Waals surface area contributed by atoms with Crippen LogP contribution in [0.4, 0.5) is 0 Å². The second-order valence-electron chi connectivity index (χ2n) is 6.59. The summed E-state index contributed by atoms with van der Waals surface area (Å²) in [5.41, 5.74) is 0.550. The number of benzene rings is 1. The normalized spacial score (nSPS) is 15.6. The van der Waals surface area contributed by atoms with E-state index in [0.29, 0.717) is 29.5 Å². The number of amides is 2. The number of hydrogen-bond donors (Lipinski definition) is 1. The third-order valence-corrected chi connectivity index (χ3v) is 4.33. The van der Waals surface area contributed by atoms with Crippen molar-refractivity contribution >= 4 is 23.4 Å². The number of halogens is 1. The van der Waals surface area contributed by atoms with Crippen LogP contribution in [-0.2, 0) is 4.79 Å². The maximum absolute atomic E-state index is 12.2. The number of nitrogens with one attached hydrogen (secondary N) is 1. The average molecular weight is 352 g/mol. The first-order chi connectivity index (χ1) is 11.5. The first kappa shape index (κ1) is 18.7. The zero-order valence-electron chi connectivity index (χ0n) is 14.4. The van der Waals surface area contributed by atoms with Crippen molar-refractivity contribution < 1.29 is 9.59 Å². The van der Waals surface area contributed by atoms with Gasteiger partial charge in [0.15, 0.2) is 0 Å². The van der Waals surface area contributed by atoms with Gasteiger partial charge in [0.2, 0.25) is 5.91 Å². The van der Waals surface area contributed by atoms with Crippen LogP contribution in [0.5, 0.6) is 0 Å². The maximum atomic E-state index is 12.2. The SMILES string of the molecule is CC(C)CN1CCN(C(=O)CCNC(=O)c2ccc(Cl)cc2)CC1. The Labute approximate surface area is 149 Å². The van der Waals surface area contributed by atoms with Gasteiger partial charge in [-0.1, -0.05) is 25.4 Å². The highest BCUT2D eigenvalue weighted by molar-refractivity contribution is 6.30. The molecule has 6 heteroatoms. The van der Waals surface area contributed by atoms with Gasteiger partial charge in [0.1, 0.15) is 0 Å². The van der Waals surface area contributed by atoms with Crippen molar-refractivity contribution in [3.63, 3.8) is 0 Å². The summed E-state index contributed by atoms with van der Waals surface area (Å²) in [6.45, 7) is 9.27. The molecule has 0 saturated carbocycles. The predicted molar refractivity (Wildman–Crippen MR) is 96.3 cm³/mol. The minimum absolute atomic E-state index is 0.107. The first-order valence-corrected chi connectivity index (χ1v) is 8.87. The summed E-state index contributed by atoms with van der Waals surface area (Å²) in [4.78, 5) is 28.5. The van der Waals surface area contributed by atoms with Crippen LogP contribution in [0.1, 0.15) is 30.6 Å². The smallest absolute Gasteiger partial charge is 0.251 e. The highest BCUT2D eigenvalue weighted by Gasteiger charge is 2.21. The van der Waals surface area contributed by atoms with Crippen molar-refractivity contribution in [3.05, 3.63) is 34.9 Å². The summed E-state index contributed by atoms with van der Waals surface area (Å²) in [6, 6.07) is 6.71. The van der Waals surface area contributed by atoms with E-state index in [0.717, 1.165) is 32.7 Å². The van der Waals surface area contributed by atoms with Crippen LogP contribution in [0, 0.1) is 5.92 Å². The summed E-state index contributed by atoms with van der Waals surface area (Å²) >= 11 is 5.80. The molecule has 1 heterocycles. The molecule has 0 spiro atoms.